The number of hydrogen-bond donors (Lipinski definition) is 2. The molecule has 2 aliphatic heterocycles. The summed E-state index contributed by atoms with van der Waals surface area (Å²) in [4.78, 5) is 17.8. The highest BCUT2D eigenvalue weighted by molar-refractivity contribution is 6.42. The van der Waals surface area contributed by atoms with Crippen LogP contribution in [0.15, 0.2) is 30.3 Å². The minimum absolute atomic E-state index is 0.0223. The molecule has 0 aromatic heterocycles. The quantitative estimate of drug-likeness (QED) is 0.588. The van der Waals surface area contributed by atoms with E-state index in [1.165, 1.54) is 12.8 Å². The summed E-state index contributed by atoms with van der Waals surface area (Å²) in [6, 6.07) is 8.81. The highest BCUT2D eigenvalue weighted by Crippen LogP contribution is 2.66. The number of phenolic OH excluding ortho intramolecular Hbond substituents is 1. The molecule has 0 unspecified atom stereocenters. The fraction of sp³-hybridized carbons (Fsp3) is 0.552. The lowest BCUT2D eigenvalue weighted by atomic mass is 9.48. The van der Waals surface area contributed by atoms with Gasteiger partial charge in [0, 0.05) is 25.2 Å². The lowest BCUT2D eigenvalue weighted by Gasteiger charge is -2.64. The fourth-order valence-corrected chi connectivity index (χ4v) is 8.31. The number of nitrogens with zero attached hydrogens (tertiary/aromatic N) is 2. The lowest BCUT2D eigenvalue weighted by molar-refractivity contribution is -0.200. The summed E-state index contributed by atoms with van der Waals surface area (Å²) < 4.78 is 6.61. The maximum absolute atomic E-state index is 13.5. The first-order valence-electron chi connectivity index (χ1n) is 13.4. The van der Waals surface area contributed by atoms with E-state index in [-0.39, 0.29) is 30.2 Å². The summed E-state index contributed by atoms with van der Waals surface area (Å²) in [5.41, 5.74) is 1.35. The van der Waals surface area contributed by atoms with Gasteiger partial charge in [-0.2, -0.15) is 0 Å². The molecule has 1 saturated heterocycles. The van der Waals surface area contributed by atoms with Gasteiger partial charge in [0.2, 0.25) is 5.91 Å². The average Bonchev–Trinajstić information content (AvgIpc) is 3.61. The average molecular weight is 543 g/mol. The molecule has 2 bridgehead atoms. The van der Waals surface area contributed by atoms with Crippen molar-refractivity contribution in [1.29, 1.82) is 0 Å². The van der Waals surface area contributed by atoms with Gasteiger partial charge in [0.05, 0.1) is 33.5 Å². The van der Waals surface area contributed by atoms with Crippen molar-refractivity contribution in [1.82, 2.24) is 9.80 Å². The van der Waals surface area contributed by atoms with Gasteiger partial charge in [-0.05, 0) is 80.3 Å². The topological polar surface area (TPSA) is 73.2 Å². The summed E-state index contributed by atoms with van der Waals surface area (Å²) in [5.74, 6) is 1.33. The fourth-order valence-electron chi connectivity index (χ4n) is 7.99. The SMILES string of the molecule is CN(C(=O)Cc1ccc(Cl)c(Cl)c1)[C@H]1CC[C@@]2(O)[C@H]3Cc4ccc(O)c5c4[C@@]2(CCN3CC2CC2)[C@H]1O5. The predicted octanol–water partition coefficient (Wildman–Crippen LogP) is 4.33. The van der Waals surface area contributed by atoms with Gasteiger partial charge < -0.3 is 19.8 Å². The first-order chi connectivity index (χ1) is 17.7. The monoisotopic (exact) mass is 542 g/mol. The van der Waals surface area contributed by atoms with E-state index in [1.54, 1.807) is 23.1 Å². The molecule has 2 saturated carbocycles. The third-order valence-corrected chi connectivity index (χ3v) is 10.7. The van der Waals surface area contributed by atoms with Gasteiger partial charge in [0.15, 0.2) is 11.5 Å². The van der Waals surface area contributed by atoms with Crippen LogP contribution >= 0.6 is 23.2 Å². The normalized spacial score (nSPS) is 33.6. The smallest absolute Gasteiger partial charge is 0.227 e. The van der Waals surface area contributed by atoms with Gasteiger partial charge in [-0.25, -0.2) is 0 Å². The summed E-state index contributed by atoms with van der Waals surface area (Å²) in [7, 11) is 1.83. The maximum atomic E-state index is 13.5. The number of carbonyl (C=O) groups is 1. The van der Waals surface area contributed by atoms with Crippen molar-refractivity contribution in [2.24, 2.45) is 5.92 Å². The van der Waals surface area contributed by atoms with Crippen molar-refractivity contribution in [3.05, 3.63) is 57.1 Å². The summed E-state index contributed by atoms with van der Waals surface area (Å²) in [6.45, 7) is 1.94. The van der Waals surface area contributed by atoms with E-state index < -0.39 is 17.1 Å². The van der Waals surface area contributed by atoms with E-state index in [4.69, 9.17) is 27.9 Å². The third-order valence-electron chi connectivity index (χ3n) is 9.96. The molecular formula is C29H32Cl2N2O4. The Morgan fingerprint density at radius 2 is 1.97 bits per heavy atom. The molecule has 1 spiro atoms. The standard InChI is InChI=1S/C29H32Cl2N2O4/c1-32(24(35)13-17-4-6-19(30)20(31)12-17)21-8-9-29(36)23-14-18-5-7-22(34)26-25(18)28(29,27(21)37-26)10-11-33(23)15-16-2-3-16/h4-7,12,16,21,23,27,34,36H,2-3,8-11,13-15H2,1H3/t21-,23+,27-,28-,29+/m0/s1. The van der Waals surface area contributed by atoms with Crippen LogP contribution in [-0.2, 0) is 23.1 Å². The second-order valence-electron chi connectivity index (χ2n) is 11.8. The summed E-state index contributed by atoms with van der Waals surface area (Å²) in [5, 5.41) is 24.3. The number of likely N-dealkylation sites (N-methyl/N-ethyl adjacent to an activating group) is 1. The van der Waals surface area contributed by atoms with Crippen LogP contribution in [-0.4, -0.2) is 69.8 Å². The maximum Gasteiger partial charge on any atom is 0.227 e. The molecule has 7 rings (SSSR count). The van der Waals surface area contributed by atoms with Gasteiger partial charge in [0.1, 0.15) is 6.10 Å². The minimum atomic E-state index is -0.957. The zero-order chi connectivity index (χ0) is 25.7. The number of halogens is 2. The Labute approximate surface area is 227 Å². The number of phenols is 1. The zero-order valence-electron chi connectivity index (χ0n) is 20.9. The van der Waals surface area contributed by atoms with E-state index in [0.717, 1.165) is 48.5 Å². The Kier molecular flexibility index (Phi) is 5.37. The first kappa shape index (κ1) is 24.1. The number of amides is 1. The lowest BCUT2D eigenvalue weighted by Crippen LogP contribution is -2.78. The van der Waals surface area contributed by atoms with E-state index in [9.17, 15) is 15.0 Å². The van der Waals surface area contributed by atoms with Crippen molar-refractivity contribution < 1.29 is 19.7 Å². The van der Waals surface area contributed by atoms with E-state index in [0.29, 0.717) is 28.6 Å². The second-order valence-corrected chi connectivity index (χ2v) is 12.6. The van der Waals surface area contributed by atoms with Crippen LogP contribution in [0.3, 0.4) is 0 Å². The van der Waals surface area contributed by atoms with Crippen molar-refractivity contribution in [2.45, 2.75) is 74.1 Å². The number of aromatic hydroxyl groups is 1. The molecule has 2 aromatic rings. The van der Waals surface area contributed by atoms with Crippen LogP contribution < -0.4 is 4.74 Å². The molecule has 196 valence electrons. The summed E-state index contributed by atoms with van der Waals surface area (Å²) in [6.07, 6.45) is 5.11. The van der Waals surface area contributed by atoms with E-state index in [2.05, 4.69) is 4.90 Å². The summed E-state index contributed by atoms with van der Waals surface area (Å²) >= 11 is 12.3. The Balaban J connectivity index is 1.25. The molecule has 37 heavy (non-hydrogen) atoms. The van der Waals surface area contributed by atoms with Crippen LogP contribution in [0.5, 0.6) is 11.5 Å². The zero-order valence-corrected chi connectivity index (χ0v) is 22.4. The van der Waals surface area contributed by atoms with Crippen molar-refractivity contribution in [2.75, 3.05) is 20.1 Å². The Hall–Kier alpha value is -1.99. The van der Waals surface area contributed by atoms with Crippen LogP contribution in [0.25, 0.3) is 0 Å². The van der Waals surface area contributed by atoms with Crippen LogP contribution in [0.1, 0.15) is 48.8 Å². The van der Waals surface area contributed by atoms with Gasteiger partial charge in [-0.1, -0.05) is 35.3 Å². The second kappa shape index (κ2) is 8.25. The van der Waals surface area contributed by atoms with Crippen LogP contribution in [0.4, 0.5) is 0 Å². The molecule has 5 atom stereocenters. The molecule has 8 heteroatoms. The van der Waals surface area contributed by atoms with Gasteiger partial charge in [-0.3, -0.25) is 9.69 Å². The van der Waals surface area contributed by atoms with Gasteiger partial charge in [-0.15, -0.1) is 0 Å². The molecular weight excluding hydrogens is 511 g/mol. The predicted molar refractivity (Wildman–Crippen MR) is 142 cm³/mol. The number of ether oxygens (including phenoxy) is 1. The van der Waals surface area contributed by atoms with Crippen molar-refractivity contribution in [3.63, 3.8) is 0 Å². The largest absolute Gasteiger partial charge is 0.504 e. The molecule has 0 radical (unpaired) electrons. The van der Waals surface area contributed by atoms with Gasteiger partial charge >= 0.3 is 0 Å². The Bertz CT molecular complexity index is 1300. The minimum Gasteiger partial charge on any atom is -0.504 e. The number of benzene rings is 2. The molecule has 6 nitrogen and oxygen atoms in total. The molecule has 5 aliphatic rings. The molecule has 2 heterocycles. The third kappa shape index (κ3) is 3.35. The van der Waals surface area contributed by atoms with E-state index in [1.807, 2.05) is 19.2 Å². The number of hydrogen-bond acceptors (Lipinski definition) is 5. The van der Waals surface area contributed by atoms with Crippen molar-refractivity contribution >= 4 is 29.1 Å². The number of piperidine rings is 1. The molecule has 1 amide bonds. The molecule has 2 aromatic carbocycles. The molecule has 3 fully saturated rings. The highest BCUT2D eigenvalue weighted by atomic mass is 35.5. The van der Waals surface area contributed by atoms with Gasteiger partial charge in [0.25, 0.3) is 0 Å². The Morgan fingerprint density at radius 1 is 1.16 bits per heavy atom. The molecule has 3 aliphatic carbocycles. The van der Waals surface area contributed by atoms with Crippen molar-refractivity contribution in [3.8, 4) is 11.5 Å². The Morgan fingerprint density at radius 3 is 2.73 bits per heavy atom. The highest BCUT2D eigenvalue weighted by Gasteiger charge is 2.73. The number of rotatable bonds is 5. The molecule has 2 N–H and O–H groups in total. The van der Waals surface area contributed by atoms with Crippen LogP contribution in [0, 0.1) is 5.92 Å². The first-order valence-corrected chi connectivity index (χ1v) is 14.2. The number of carbonyl (C=O) groups excluding carboxylic acids is 1. The van der Waals surface area contributed by atoms with E-state index >= 15 is 0 Å². The number of aliphatic hydroxyl groups is 1. The number of likely N-dealkylation sites (tertiary alicyclic amines) is 1. The van der Waals surface area contributed by atoms with Crippen LogP contribution in [0.2, 0.25) is 10.0 Å².